The van der Waals surface area contributed by atoms with Crippen LogP contribution in [0.15, 0.2) is 35.2 Å². The molecule has 1 aromatic rings. The van der Waals surface area contributed by atoms with E-state index in [1.807, 2.05) is 0 Å². The Bertz CT molecular complexity index is 881. The highest BCUT2D eigenvalue weighted by molar-refractivity contribution is 7.89. The second-order valence-corrected chi connectivity index (χ2v) is 10.2. The predicted octanol–water partition coefficient (Wildman–Crippen LogP) is 3.26. The maximum atomic E-state index is 12.8. The van der Waals surface area contributed by atoms with Gasteiger partial charge in [-0.3, -0.25) is 4.79 Å². The molecule has 8 heteroatoms. The first-order valence-electron chi connectivity index (χ1n) is 11.2. The number of hydrogen-bond acceptors (Lipinski definition) is 5. The Morgan fingerprint density at radius 3 is 2.26 bits per heavy atom. The SMILES string of the molecule is CC(OC(=O)C=Cc1ccc(S(=O)(=O)N2CCCCCC2)cc1)C(=O)NC1CCCC1. The molecule has 0 spiro atoms. The normalized spacial score (nSPS) is 19.8. The lowest BCUT2D eigenvalue weighted by molar-refractivity contribution is -0.150. The smallest absolute Gasteiger partial charge is 0.331 e. The lowest BCUT2D eigenvalue weighted by Gasteiger charge is -2.19. The van der Waals surface area contributed by atoms with Crippen molar-refractivity contribution in [3.63, 3.8) is 0 Å². The molecule has 2 aliphatic rings. The quantitative estimate of drug-likeness (QED) is 0.511. The minimum atomic E-state index is -3.50. The van der Waals surface area contributed by atoms with Gasteiger partial charge >= 0.3 is 5.97 Å². The number of ether oxygens (including phenoxy) is 1. The zero-order chi connectivity index (χ0) is 22.3. The number of rotatable bonds is 7. The largest absolute Gasteiger partial charge is 0.449 e. The van der Waals surface area contributed by atoms with Gasteiger partial charge in [0.15, 0.2) is 6.10 Å². The number of esters is 1. The van der Waals surface area contributed by atoms with Crippen molar-refractivity contribution in [2.24, 2.45) is 0 Å². The van der Waals surface area contributed by atoms with E-state index in [2.05, 4.69) is 5.32 Å². The first kappa shape index (κ1) is 23.5. The number of carbonyl (C=O) groups is 2. The third-order valence-electron chi connectivity index (χ3n) is 5.86. The molecule has 1 heterocycles. The third-order valence-corrected chi connectivity index (χ3v) is 7.77. The van der Waals surface area contributed by atoms with Gasteiger partial charge < -0.3 is 10.1 Å². The maximum Gasteiger partial charge on any atom is 0.331 e. The zero-order valence-corrected chi connectivity index (χ0v) is 18.9. The fourth-order valence-corrected chi connectivity index (χ4v) is 5.52. The summed E-state index contributed by atoms with van der Waals surface area (Å²) in [5.41, 5.74) is 0.676. The fraction of sp³-hybridized carbons (Fsp3) is 0.565. The standard InChI is InChI=1S/C23H32N2O5S/c1-18(23(27)24-20-8-4-5-9-20)30-22(26)15-12-19-10-13-21(14-11-19)31(28,29)25-16-6-2-3-7-17-25/h10-15,18,20H,2-9,16-17H2,1H3,(H,24,27). The summed E-state index contributed by atoms with van der Waals surface area (Å²) in [6.07, 6.45) is 9.99. The van der Waals surface area contributed by atoms with E-state index in [1.54, 1.807) is 41.6 Å². The van der Waals surface area contributed by atoms with Crippen molar-refractivity contribution in [1.29, 1.82) is 0 Å². The Morgan fingerprint density at radius 2 is 1.65 bits per heavy atom. The van der Waals surface area contributed by atoms with Crippen LogP contribution in [-0.2, 0) is 24.3 Å². The van der Waals surface area contributed by atoms with Gasteiger partial charge in [0.2, 0.25) is 10.0 Å². The monoisotopic (exact) mass is 448 g/mol. The topological polar surface area (TPSA) is 92.8 Å². The van der Waals surface area contributed by atoms with Crippen molar-refractivity contribution in [2.45, 2.75) is 75.3 Å². The highest BCUT2D eigenvalue weighted by Gasteiger charge is 2.25. The molecule has 170 valence electrons. The van der Waals surface area contributed by atoms with E-state index in [0.29, 0.717) is 18.7 Å². The van der Waals surface area contributed by atoms with Gasteiger partial charge in [-0.1, -0.05) is 37.8 Å². The van der Waals surface area contributed by atoms with Gasteiger partial charge in [0, 0.05) is 25.2 Å². The van der Waals surface area contributed by atoms with Gasteiger partial charge in [-0.15, -0.1) is 0 Å². The van der Waals surface area contributed by atoms with Crippen LogP contribution in [0.2, 0.25) is 0 Å². The van der Waals surface area contributed by atoms with E-state index in [0.717, 1.165) is 51.4 Å². The van der Waals surface area contributed by atoms with E-state index >= 15 is 0 Å². The molecule has 1 saturated carbocycles. The van der Waals surface area contributed by atoms with E-state index in [-0.39, 0.29) is 16.8 Å². The molecule has 1 amide bonds. The molecule has 0 aromatic heterocycles. The van der Waals surface area contributed by atoms with Crippen LogP contribution < -0.4 is 5.32 Å². The summed E-state index contributed by atoms with van der Waals surface area (Å²) in [5, 5.41) is 2.91. The first-order chi connectivity index (χ1) is 14.9. The Kier molecular flexibility index (Phi) is 8.26. The zero-order valence-electron chi connectivity index (χ0n) is 18.1. The van der Waals surface area contributed by atoms with Crippen LogP contribution in [0.3, 0.4) is 0 Å². The Labute approximate surface area is 184 Å². The van der Waals surface area contributed by atoms with Gasteiger partial charge in [0.25, 0.3) is 5.91 Å². The number of sulfonamides is 1. The average Bonchev–Trinajstić information content (AvgIpc) is 3.10. The van der Waals surface area contributed by atoms with Gasteiger partial charge in [0.05, 0.1) is 4.90 Å². The number of amides is 1. The molecule has 1 N–H and O–H groups in total. The van der Waals surface area contributed by atoms with Crippen LogP contribution in [0.5, 0.6) is 0 Å². The van der Waals surface area contributed by atoms with Crippen molar-refractivity contribution >= 4 is 28.0 Å². The number of hydrogen-bond donors (Lipinski definition) is 1. The van der Waals surface area contributed by atoms with E-state index < -0.39 is 22.1 Å². The Morgan fingerprint density at radius 1 is 1.03 bits per heavy atom. The highest BCUT2D eigenvalue weighted by Crippen LogP contribution is 2.21. The molecule has 0 radical (unpaired) electrons. The molecule has 1 unspecified atom stereocenters. The molecule has 1 aliphatic heterocycles. The minimum Gasteiger partial charge on any atom is -0.449 e. The summed E-state index contributed by atoms with van der Waals surface area (Å²) in [6.45, 7) is 2.67. The van der Waals surface area contributed by atoms with Crippen LogP contribution in [0.25, 0.3) is 6.08 Å². The summed E-state index contributed by atoms with van der Waals surface area (Å²) in [6, 6.07) is 6.61. The molecule has 31 heavy (non-hydrogen) atoms. The van der Waals surface area contributed by atoms with Crippen molar-refractivity contribution in [3.05, 3.63) is 35.9 Å². The molecule has 1 atom stereocenters. The Balaban J connectivity index is 1.53. The lowest BCUT2D eigenvalue weighted by Crippen LogP contribution is -2.40. The summed E-state index contributed by atoms with van der Waals surface area (Å²) in [4.78, 5) is 24.4. The van der Waals surface area contributed by atoms with Crippen molar-refractivity contribution in [1.82, 2.24) is 9.62 Å². The van der Waals surface area contributed by atoms with Crippen LogP contribution in [0.1, 0.15) is 63.9 Å². The van der Waals surface area contributed by atoms with Crippen molar-refractivity contribution < 1.29 is 22.7 Å². The van der Waals surface area contributed by atoms with Crippen LogP contribution >= 0.6 is 0 Å². The van der Waals surface area contributed by atoms with Crippen molar-refractivity contribution in [3.8, 4) is 0 Å². The van der Waals surface area contributed by atoms with Crippen LogP contribution in [-0.4, -0.2) is 49.8 Å². The maximum absolute atomic E-state index is 12.8. The number of nitrogens with one attached hydrogen (secondary N) is 1. The molecule has 3 rings (SSSR count). The summed E-state index contributed by atoms with van der Waals surface area (Å²) in [5.74, 6) is -0.896. The molecule has 2 fully saturated rings. The lowest BCUT2D eigenvalue weighted by atomic mass is 10.2. The van der Waals surface area contributed by atoms with Gasteiger partial charge in [0.1, 0.15) is 0 Å². The summed E-state index contributed by atoms with van der Waals surface area (Å²) in [7, 11) is -3.50. The molecular formula is C23H32N2O5S. The number of nitrogens with zero attached hydrogens (tertiary/aromatic N) is 1. The predicted molar refractivity (Wildman–Crippen MR) is 119 cm³/mol. The fourth-order valence-electron chi connectivity index (χ4n) is 4.00. The van der Waals surface area contributed by atoms with E-state index in [9.17, 15) is 18.0 Å². The second-order valence-electron chi connectivity index (χ2n) is 8.29. The van der Waals surface area contributed by atoms with Crippen LogP contribution in [0.4, 0.5) is 0 Å². The Hall–Kier alpha value is -2.19. The second kappa shape index (κ2) is 10.9. The molecule has 0 bridgehead atoms. The average molecular weight is 449 g/mol. The van der Waals surface area contributed by atoms with Gasteiger partial charge in [-0.2, -0.15) is 4.31 Å². The molecule has 7 nitrogen and oxygen atoms in total. The van der Waals surface area contributed by atoms with Crippen LogP contribution in [0, 0.1) is 0 Å². The molecular weight excluding hydrogens is 416 g/mol. The summed E-state index contributed by atoms with van der Waals surface area (Å²) < 4.78 is 32.4. The number of carbonyl (C=O) groups excluding carboxylic acids is 2. The number of benzene rings is 1. The molecule has 1 saturated heterocycles. The first-order valence-corrected chi connectivity index (χ1v) is 12.6. The highest BCUT2D eigenvalue weighted by atomic mass is 32.2. The van der Waals surface area contributed by atoms with Gasteiger partial charge in [-0.25, -0.2) is 13.2 Å². The van der Waals surface area contributed by atoms with E-state index in [4.69, 9.17) is 4.74 Å². The molecule has 1 aliphatic carbocycles. The van der Waals surface area contributed by atoms with Gasteiger partial charge in [-0.05, 0) is 56.4 Å². The van der Waals surface area contributed by atoms with E-state index in [1.165, 1.54) is 6.08 Å². The summed E-state index contributed by atoms with van der Waals surface area (Å²) >= 11 is 0. The third kappa shape index (κ3) is 6.64. The van der Waals surface area contributed by atoms with Crippen molar-refractivity contribution in [2.75, 3.05) is 13.1 Å². The minimum absolute atomic E-state index is 0.174. The molecule has 1 aromatic carbocycles.